The number of ether oxygens (including phenoxy) is 1. The molecule has 1 atom stereocenters. The smallest absolute Gasteiger partial charge is 0.432 e. The number of nitrogens with one attached hydrogen (secondary N) is 1. The lowest BCUT2D eigenvalue weighted by molar-refractivity contribution is -0.137. The first-order valence-electron chi connectivity index (χ1n) is 4.72. The normalized spacial score (nSPS) is 20.6. The van der Waals surface area contributed by atoms with Crippen LogP contribution in [-0.4, -0.2) is 12.7 Å². The van der Waals surface area contributed by atoms with Crippen LogP contribution in [0.5, 0.6) is 0 Å². The first-order valence-corrected chi connectivity index (χ1v) is 4.72. The first-order chi connectivity index (χ1) is 7.97. The Morgan fingerprint density at radius 2 is 2.12 bits per heavy atom. The maximum Gasteiger partial charge on any atom is 0.432 e. The van der Waals surface area contributed by atoms with Crippen LogP contribution in [0.1, 0.15) is 17.2 Å². The number of hydrogen-bond acceptors (Lipinski definition) is 3. The first kappa shape index (κ1) is 11.7. The second-order valence-corrected chi connectivity index (χ2v) is 3.43. The second-order valence-electron chi connectivity index (χ2n) is 3.43. The van der Waals surface area contributed by atoms with Crippen LogP contribution in [0.25, 0.3) is 0 Å². The minimum Gasteiger partial charge on any atom is -0.437 e. The number of cyclic esters (lactones) is 1. The fourth-order valence-electron chi connectivity index (χ4n) is 1.44. The Bertz CT molecular complexity index is 433. The van der Waals surface area contributed by atoms with E-state index in [4.69, 9.17) is 4.74 Å². The fraction of sp³-hybridized carbons (Fsp3) is 0.300. The van der Waals surface area contributed by atoms with Gasteiger partial charge in [0.2, 0.25) is 0 Å². The van der Waals surface area contributed by atoms with Crippen LogP contribution < -0.4 is 5.48 Å². The fourth-order valence-corrected chi connectivity index (χ4v) is 1.44. The maximum atomic E-state index is 12.5. The second kappa shape index (κ2) is 4.25. The summed E-state index contributed by atoms with van der Waals surface area (Å²) in [5.41, 5.74) is 1.40. The number of hydrogen-bond donors (Lipinski definition) is 1. The topological polar surface area (TPSA) is 47.6 Å². The lowest BCUT2D eigenvalue weighted by atomic mass is 10.1. The number of amides is 1. The van der Waals surface area contributed by atoms with E-state index in [1.54, 1.807) is 0 Å². The van der Waals surface area contributed by atoms with E-state index in [0.29, 0.717) is 0 Å². The molecule has 1 heterocycles. The summed E-state index contributed by atoms with van der Waals surface area (Å²) in [5.74, 6) is 0. The average molecular weight is 247 g/mol. The molecular formula is C10H8F3NO3. The molecule has 1 aliphatic heterocycles. The van der Waals surface area contributed by atoms with Gasteiger partial charge in [0.05, 0.1) is 5.56 Å². The van der Waals surface area contributed by atoms with Gasteiger partial charge in [-0.15, -0.1) is 0 Å². The third kappa shape index (κ3) is 2.68. The van der Waals surface area contributed by atoms with Gasteiger partial charge in [0.25, 0.3) is 0 Å². The molecule has 0 bridgehead atoms. The molecule has 1 fully saturated rings. The van der Waals surface area contributed by atoms with Crippen LogP contribution in [0.3, 0.4) is 0 Å². The van der Waals surface area contributed by atoms with E-state index in [1.807, 2.05) is 5.48 Å². The third-order valence-electron chi connectivity index (χ3n) is 2.23. The zero-order valence-corrected chi connectivity index (χ0v) is 8.45. The summed E-state index contributed by atoms with van der Waals surface area (Å²) in [7, 11) is 0. The van der Waals surface area contributed by atoms with Crippen molar-refractivity contribution < 1.29 is 27.5 Å². The van der Waals surface area contributed by atoms with Crippen molar-refractivity contribution in [1.29, 1.82) is 0 Å². The van der Waals surface area contributed by atoms with Crippen LogP contribution in [-0.2, 0) is 15.8 Å². The molecule has 0 spiro atoms. The molecule has 1 aromatic rings. The van der Waals surface area contributed by atoms with Gasteiger partial charge in [-0.3, -0.25) is 4.84 Å². The van der Waals surface area contributed by atoms with Gasteiger partial charge in [-0.05, 0) is 17.7 Å². The van der Waals surface area contributed by atoms with Gasteiger partial charge in [-0.2, -0.15) is 18.7 Å². The Hall–Kier alpha value is -1.76. The minimum absolute atomic E-state index is 0.0347. The van der Waals surface area contributed by atoms with Gasteiger partial charge in [0, 0.05) is 0 Å². The third-order valence-corrected chi connectivity index (χ3v) is 2.23. The molecular weight excluding hydrogens is 239 g/mol. The summed E-state index contributed by atoms with van der Waals surface area (Å²) in [6, 6.07) is 4.59. The highest BCUT2D eigenvalue weighted by Crippen LogP contribution is 2.31. The Morgan fingerprint density at radius 1 is 1.35 bits per heavy atom. The molecule has 17 heavy (non-hydrogen) atoms. The highest BCUT2D eigenvalue weighted by Gasteiger charge is 2.32. The molecule has 92 valence electrons. The molecule has 7 heteroatoms. The number of benzene rings is 1. The SMILES string of the molecule is O=C1NOCC(c2cccc(C(F)(F)F)c2)O1. The predicted octanol–water partition coefficient (Wildman–Crippen LogP) is 2.42. The molecule has 2 rings (SSSR count). The van der Waals surface area contributed by atoms with Crippen molar-refractivity contribution in [2.75, 3.05) is 6.61 Å². The monoisotopic (exact) mass is 247 g/mol. The highest BCUT2D eigenvalue weighted by atomic mass is 19.4. The Morgan fingerprint density at radius 3 is 2.76 bits per heavy atom. The van der Waals surface area contributed by atoms with Crippen LogP contribution in [0.15, 0.2) is 24.3 Å². The number of carbonyl (C=O) groups excluding carboxylic acids is 1. The van der Waals surface area contributed by atoms with Crippen LogP contribution in [0, 0.1) is 0 Å². The highest BCUT2D eigenvalue weighted by molar-refractivity contribution is 5.66. The number of rotatable bonds is 1. The number of alkyl halides is 3. The van der Waals surface area contributed by atoms with Gasteiger partial charge >= 0.3 is 12.3 Å². The van der Waals surface area contributed by atoms with Crippen LogP contribution in [0.4, 0.5) is 18.0 Å². The predicted molar refractivity (Wildman–Crippen MR) is 49.8 cm³/mol. The lowest BCUT2D eigenvalue weighted by Gasteiger charge is -2.23. The summed E-state index contributed by atoms with van der Waals surface area (Å²) >= 11 is 0. The summed E-state index contributed by atoms with van der Waals surface area (Å²) in [6.07, 6.45) is -6.07. The molecule has 0 saturated carbocycles. The van der Waals surface area contributed by atoms with Crippen molar-refractivity contribution in [3.63, 3.8) is 0 Å². The van der Waals surface area contributed by atoms with Gasteiger partial charge in [-0.25, -0.2) is 4.79 Å². The van der Waals surface area contributed by atoms with E-state index >= 15 is 0 Å². The van der Waals surface area contributed by atoms with E-state index < -0.39 is 23.9 Å². The van der Waals surface area contributed by atoms with Crippen LogP contribution in [0.2, 0.25) is 0 Å². The zero-order valence-electron chi connectivity index (χ0n) is 8.45. The summed E-state index contributed by atoms with van der Waals surface area (Å²) in [4.78, 5) is 15.5. The molecule has 1 aliphatic rings. The van der Waals surface area contributed by atoms with E-state index in [1.165, 1.54) is 12.1 Å². The molecule has 1 saturated heterocycles. The zero-order chi connectivity index (χ0) is 12.5. The largest absolute Gasteiger partial charge is 0.437 e. The van der Waals surface area contributed by atoms with Crippen molar-refractivity contribution in [1.82, 2.24) is 5.48 Å². The quantitative estimate of drug-likeness (QED) is 0.829. The van der Waals surface area contributed by atoms with Crippen molar-refractivity contribution >= 4 is 6.09 Å². The molecule has 1 N–H and O–H groups in total. The van der Waals surface area contributed by atoms with Gasteiger partial charge in [0.1, 0.15) is 6.61 Å². The van der Waals surface area contributed by atoms with Gasteiger partial charge < -0.3 is 4.74 Å². The molecule has 1 unspecified atom stereocenters. The van der Waals surface area contributed by atoms with Crippen LogP contribution >= 0.6 is 0 Å². The van der Waals surface area contributed by atoms with Crippen molar-refractivity contribution in [2.24, 2.45) is 0 Å². The summed E-state index contributed by atoms with van der Waals surface area (Å²) in [6.45, 7) is -0.0347. The van der Waals surface area contributed by atoms with E-state index in [2.05, 4.69) is 4.84 Å². The van der Waals surface area contributed by atoms with E-state index in [0.717, 1.165) is 12.1 Å². The Kier molecular flexibility index (Phi) is 2.93. The molecule has 1 aromatic carbocycles. The van der Waals surface area contributed by atoms with Crippen molar-refractivity contribution in [3.8, 4) is 0 Å². The Balaban J connectivity index is 2.24. The van der Waals surface area contributed by atoms with Gasteiger partial charge in [0.15, 0.2) is 6.10 Å². The lowest BCUT2D eigenvalue weighted by Crippen LogP contribution is -2.35. The minimum atomic E-state index is -4.42. The summed E-state index contributed by atoms with van der Waals surface area (Å²) in [5, 5.41) is 0. The molecule has 4 nitrogen and oxygen atoms in total. The van der Waals surface area contributed by atoms with Gasteiger partial charge in [-0.1, -0.05) is 12.1 Å². The number of hydroxylamine groups is 1. The molecule has 1 amide bonds. The summed E-state index contributed by atoms with van der Waals surface area (Å²) < 4.78 is 42.2. The molecule has 0 radical (unpaired) electrons. The standard InChI is InChI=1S/C10H8F3NO3/c11-10(12,13)7-3-1-2-6(4-7)8-5-16-14-9(15)17-8/h1-4,8H,5H2,(H,14,15). The molecule has 0 aromatic heterocycles. The van der Waals surface area contributed by atoms with Crippen molar-refractivity contribution in [2.45, 2.75) is 12.3 Å². The number of carbonyl (C=O) groups is 1. The Labute approximate surface area is 94.3 Å². The average Bonchev–Trinajstić information content (AvgIpc) is 2.28. The van der Waals surface area contributed by atoms with E-state index in [9.17, 15) is 18.0 Å². The number of halogens is 3. The molecule has 0 aliphatic carbocycles. The van der Waals surface area contributed by atoms with Crippen molar-refractivity contribution in [3.05, 3.63) is 35.4 Å². The van der Waals surface area contributed by atoms with E-state index in [-0.39, 0.29) is 12.2 Å². The maximum absolute atomic E-state index is 12.5.